The molecule has 48 heavy (non-hydrogen) atoms. The molecule has 0 amide bonds. The van der Waals surface area contributed by atoms with Gasteiger partial charge in [-0.3, -0.25) is 4.79 Å². The normalized spacial score (nSPS) is 20.6. The Morgan fingerprint density at radius 2 is 1.90 bits per heavy atom. The second-order valence-corrected chi connectivity index (χ2v) is 13.1. The van der Waals surface area contributed by atoms with Crippen molar-refractivity contribution in [1.29, 1.82) is 0 Å². The van der Waals surface area contributed by atoms with Gasteiger partial charge in [0.1, 0.15) is 23.8 Å². The van der Waals surface area contributed by atoms with Crippen LogP contribution in [0.3, 0.4) is 0 Å². The Morgan fingerprint density at radius 3 is 2.56 bits per heavy atom. The molecule has 2 N–H and O–H groups in total. The molecule has 0 bridgehead atoms. The maximum absolute atomic E-state index is 16.4. The first-order valence-electron chi connectivity index (χ1n) is 15.8. The van der Waals surface area contributed by atoms with Gasteiger partial charge in [-0.15, -0.1) is 0 Å². The Labute approximate surface area is 282 Å². The van der Waals surface area contributed by atoms with E-state index < -0.39 is 62.7 Å². The second-order valence-electron chi connectivity index (χ2n) is 12.7. The van der Waals surface area contributed by atoms with Crippen molar-refractivity contribution in [2.45, 2.75) is 70.4 Å². The van der Waals surface area contributed by atoms with E-state index in [1.165, 1.54) is 0 Å². The van der Waals surface area contributed by atoms with Crippen LogP contribution in [0.15, 0.2) is 42.6 Å². The number of carbonyl (C=O) groups is 2. The molecule has 5 rings (SSSR count). The largest absolute Gasteiger partial charge is 0.480 e. The SMILES string of the molecule is CC1c2c(cc(F)c(Cl)c2-c2c(C(=O)O)cnc(OCCOC3CCCCO3)c2F)OC1(CNCC(=O)OC(C)(C)C)c1ccccc1. The van der Waals surface area contributed by atoms with Gasteiger partial charge in [0.25, 0.3) is 5.88 Å². The topological polar surface area (TPSA) is 125 Å². The van der Waals surface area contributed by atoms with Crippen LogP contribution >= 0.6 is 11.6 Å². The fourth-order valence-electron chi connectivity index (χ4n) is 6.08. The predicted molar refractivity (Wildman–Crippen MR) is 172 cm³/mol. The summed E-state index contributed by atoms with van der Waals surface area (Å²) in [6.45, 7) is 7.51. The smallest absolute Gasteiger partial charge is 0.338 e. The number of rotatable bonds is 12. The first-order valence-corrected chi connectivity index (χ1v) is 16.2. The lowest BCUT2D eigenvalue weighted by molar-refractivity contribution is -0.165. The molecule has 2 aliphatic rings. The van der Waals surface area contributed by atoms with Gasteiger partial charge in [0.15, 0.2) is 17.7 Å². The van der Waals surface area contributed by atoms with Crippen LogP contribution in [0.25, 0.3) is 11.1 Å². The van der Waals surface area contributed by atoms with Crippen LogP contribution in [0.5, 0.6) is 11.6 Å². The zero-order valence-corrected chi connectivity index (χ0v) is 28.0. The van der Waals surface area contributed by atoms with Crippen LogP contribution in [0.1, 0.15) is 74.4 Å². The van der Waals surface area contributed by atoms with Crippen LogP contribution in [0, 0.1) is 11.6 Å². The molecule has 3 heterocycles. The number of pyridine rings is 1. The Kier molecular flexibility index (Phi) is 10.9. The van der Waals surface area contributed by atoms with E-state index in [9.17, 15) is 14.7 Å². The highest BCUT2D eigenvalue weighted by atomic mass is 35.5. The summed E-state index contributed by atoms with van der Waals surface area (Å²) in [5.74, 6) is -5.20. The lowest BCUT2D eigenvalue weighted by Crippen LogP contribution is -2.46. The Balaban J connectivity index is 1.52. The highest BCUT2D eigenvalue weighted by molar-refractivity contribution is 6.34. The quantitative estimate of drug-likeness (QED) is 0.158. The molecule has 0 saturated carbocycles. The molecule has 2 aromatic carbocycles. The number of hydrogen-bond donors (Lipinski definition) is 2. The van der Waals surface area contributed by atoms with Gasteiger partial charge in [-0.25, -0.2) is 18.6 Å². The van der Waals surface area contributed by atoms with Crippen molar-refractivity contribution >= 4 is 23.5 Å². The van der Waals surface area contributed by atoms with E-state index in [1.54, 1.807) is 39.8 Å². The molecule has 2 aliphatic heterocycles. The number of aromatic carboxylic acids is 1. The molecule has 0 spiro atoms. The second kappa shape index (κ2) is 14.7. The fourth-order valence-corrected chi connectivity index (χ4v) is 6.33. The summed E-state index contributed by atoms with van der Waals surface area (Å²) >= 11 is 6.57. The molecule has 0 radical (unpaired) electrons. The minimum atomic E-state index is -1.50. The molecular formula is C35H39ClF2N2O8. The van der Waals surface area contributed by atoms with Crippen molar-refractivity contribution in [2.24, 2.45) is 0 Å². The average Bonchev–Trinajstić information content (AvgIpc) is 3.32. The van der Waals surface area contributed by atoms with Gasteiger partial charge in [-0.05, 0) is 45.6 Å². The van der Waals surface area contributed by atoms with Crippen molar-refractivity contribution < 1.29 is 47.2 Å². The number of nitrogens with one attached hydrogen (secondary N) is 1. The van der Waals surface area contributed by atoms with Gasteiger partial charge in [0.2, 0.25) is 0 Å². The summed E-state index contributed by atoms with van der Waals surface area (Å²) in [5, 5.41) is 12.7. The first kappa shape index (κ1) is 35.5. The number of fused-ring (bicyclic) bond motifs is 1. The molecule has 258 valence electrons. The zero-order chi connectivity index (χ0) is 34.6. The van der Waals surface area contributed by atoms with E-state index >= 15 is 8.78 Å². The summed E-state index contributed by atoms with van der Waals surface area (Å²) in [4.78, 5) is 28.9. The number of esters is 1. The lowest BCUT2D eigenvalue weighted by Gasteiger charge is -2.34. The van der Waals surface area contributed by atoms with Crippen molar-refractivity contribution in [3.05, 3.63) is 75.9 Å². The van der Waals surface area contributed by atoms with Crippen molar-refractivity contribution in [3.8, 4) is 22.8 Å². The van der Waals surface area contributed by atoms with E-state index in [0.717, 1.165) is 31.5 Å². The summed E-state index contributed by atoms with van der Waals surface area (Å²) < 4.78 is 60.7. The van der Waals surface area contributed by atoms with Gasteiger partial charge in [-0.1, -0.05) is 48.9 Å². The Morgan fingerprint density at radius 1 is 1.15 bits per heavy atom. The van der Waals surface area contributed by atoms with E-state index in [-0.39, 0.29) is 49.5 Å². The molecular weight excluding hydrogens is 650 g/mol. The van der Waals surface area contributed by atoms with Crippen molar-refractivity contribution in [1.82, 2.24) is 10.3 Å². The molecule has 3 aromatic rings. The summed E-state index contributed by atoms with van der Waals surface area (Å²) in [6.07, 6.45) is 3.21. The van der Waals surface area contributed by atoms with Gasteiger partial charge in [0, 0.05) is 48.0 Å². The number of nitrogens with zero attached hydrogens (tertiary/aromatic N) is 1. The van der Waals surface area contributed by atoms with Crippen LogP contribution in [-0.4, -0.2) is 66.8 Å². The van der Waals surface area contributed by atoms with E-state index in [1.807, 2.05) is 18.2 Å². The molecule has 3 atom stereocenters. The van der Waals surface area contributed by atoms with Crippen molar-refractivity contribution in [3.63, 3.8) is 0 Å². The number of carbonyl (C=O) groups excluding carboxylic acids is 1. The Hall–Kier alpha value is -3.84. The summed E-state index contributed by atoms with van der Waals surface area (Å²) in [7, 11) is 0. The molecule has 1 aromatic heterocycles. The molecule has 1 saturated heterocycles. The highest BCUT2D eigenvalue weighted by Gasteiger charge is 2.50. The highest BCUT2D eigenvalue weighted by Crippen LogP contribution is 2.56. The van der Waals surface area contributed by atoms with Crippen LogP contribution < -0.4 is 14.8 Å². The average molecular weight is 689 g/mol. The van der Waals surface area contributed by atoms with Crippen LogP contribution in [0.2, 0.25) is 5.02 Å². The third kappa shape index (κ3) is 7.57. The van der Waals surface area contributed by atoms with Crippen LogP contribution in [0.4, 0.5) is 8.78 Å². The number of halogens is 3. The third-order valence-corrected chi connectivity index (χ3v) is 8.59. The summed E-state index contributed by atoms with van der Waals surface area (Å²) in [6, 6.07) is 10.2. The number of carboxylic acid groups (broad SMARTS) is 1. The fraction of sp³-hybridized carbons (Fsp3) is 0.457. The third-order valence-electron chi connectivity index (χ3n) is 8.22. The minimum absolute atomic E-state index is 0.0400. The van der Waals surface area contributed by atoms with Gasteiger partial charge < -0.3 is 34.1 Å². The zero-order valence-electron chi connectivity index (χ0n) is 27.2. The number of benzene rings is 2. The molecule has 13 heteroatoms. The summed E-state index contributed by atoms with van der Waals surface area (Å²) in [5.41, 5.74) is -2.23. The molecule has 3 unspecified atom stereocenters. The van der Waals surface area contributed by atoms with Crippen LogP contribution in [-0.2, 0) is 24.6 Å². The maximum Gasteiger partial charge on any atom is 0.338 e. The van der Waals surface area contributed by atoms with E-state index in [2.05, 4.69) is 10.3 Å². The van der Waals surface area contributed by atoms with Crippen molar-refractivity contribution in [2.75, 3.05) is 32.9 Å². The monoisotopic (exact) mass is 688 g/mol. The van der Waals surface area contributed by atoms with Gasteiger partial charge in [0.05, 0.1) is 23.7 Å². The maximum atomic E-state index is 16.4. The number of carboxylic acids is 1. The molecule has 10 nitrogen and oxygen atoms in total. The minimum Gasteiger partial charge on any atom is -0.480 e. The molecule has 1 fully saturated rings. The number of aromatic nitrogens is 1. The van der Waals surface area contributed by atoms with E-state index in [0.29, 0.717) is 12.2 Å². The lowest BCUT2D eigenvalue weighted by atomic mass is 9.77. The van der Waals surface area contributed by atoms with E-state index in [4.69, 9.17) is 35.3 Å². The number of hydrogen-bond acceptors (Lipinski definition) is 9. The first-order chi connectivity index (χ1) is 22.8. The Bertz CT molecular complexity index is 1650. The number of ether oxygens (including phenoxy) is 5. The standard InChI is InChI=1S/C35H39ClF2N2O8/c1-20-27-24(47-35(20,21-10-6-5-7-11-21)19-39-18-25(41)48-34(2,3)4)16-23(37)30(36)29(27)28-22(33(42)43)17-40-32(31(28)38)46-15-14-45-26-12-8-9-13-44-26/h5-7,10-11,16-17,20,26,39H,8-9,12-15,18-19H2,1-4H3,(H,42,43). The van der Waals surface area contributed by atoms with Gasteiger partial charge in [-0.2, -0.15) is 0 Å². The molecule has 0 aliphatic carbocycles. The van der Waals surface area contributed by atoms with Gasteiger partial charge >= 0.3 is 11.9 Å². The predicted octanol–water partition coefficient (Wildman–Crippen LogP) is 6.62.